The van der Waals surface area contributed by atoms with Crippen LogP contribution in [0.2, 0.25) is 0 Å². The van der Waals surface area contributed by atoms with Gasteiger partial charge in [-0.15, -0.1) is 0 Å². The number of amides is 1. The molecule has 0 atom stereocenters. The van der Waals surface area contributed by atoms with E-state index in [1.165, 1.54) is 18.2 Å². The third-order valence-electron chi connectivity index (χ3n) is 3.46. The Labute approximate surface area is 146 Å². The standard InChI is InChI=1S/C15H11FN2O7S/c16-10-4-2-6-12(13(10)18(20)21)26(22,23)17-15(19)9-3-1-5-11-14(9)25-8-7-24-11/h1-6H,7-8H2,(H,17,19). The number of ether oxygens (including phenoxy) is 2. The molecule has 0 radical (unpaired) electrons. The first-order valence-corrected chi connectivity index (χ1v) is 8.68. The lowest BCUT2D eigenvalue weighted by Crippen LogP contribution is -2.32. The van der Waals surface area contributed by atoms with Crippen molar-refractivity contribution in [1.29, 1.82) is 0 Å². The highest BCUT2D eigenvalue weighted by Gasteiger charge is 2.32. The summed E-state index contributed by atoms with van der Waals surface area (Å²) >= 11 is 0. The van der Waals surface area contributed by atoms with E-state index in [0.717, 1.165) is 18.2 Å². The van der Waals surface area contributed by atoms with E-state index in [0.29, 0.717) is 0 Å². The topological polar surface area (TPSA) is 125 Å². The van der Waals surface area contributed by atoms with Crippen molar-refractivity contribution < 1.29 is 32.0 Å². The fourth-order valence-electron chi connectivity index (χ4n) is 2.37. The zero-order valence-electron chi connectivity index (χ0n) is 13.0. The van der Waals surface area contributed by atoms with E-state index in [-0.39, 0.29) is 30.3 Å². The molecule has 11 heteroatoms. The van der Waals surface area contributed by atoms with Crippen LogP contribution in [0.1, 0.15) is 10.4 Å². The third kappa shape index (κ3) is 3.16. The fourth-order valence-corrected chi connectivity index (χ4v) is 3.52. The molecule has 0 unspecified atom stereocenters. The van der Waals surface area contributed by atoms with Crippen molar-refractivity contribution in [3.05, 3.63) is 57.9 Å². The normalized spacial score (nSPS) is 13.1. The maximum Gasteiger partial charge on any atom is 0.325 e. The van der Waals surface area contributed by atoms with E-state index in [4.69, 9.17) is 9.47 Å². The van der Waals surface area contributed by atoms with Gasteiger partial charge in [0.2, 0.25) is 5.82 Å². The van der Waals surface area contributed by atoms with Crippen molar-refractivity contribution in [2.45, 2.75) is 4.90 Å². The summed E-state index contributed by atoms with van der Waals surface area (Å²) in [5, 5.41) is 11.0. The number of hydrogen-bond donors (Lipinski definition) is 1. The Kier molecular flexibility index (Phi) is 4.47. The molecule has 136 valence electrons. The summed E-state index contributed by atoms with van der Waals surface area (Å²) in [6.45, 7) is 0.436. The summed E-state index contributed by atoms with van der Waals surface area (Å²) in [6.07, 6.45) is 0. The first-order chi connectivity index (χ1) is 12.3. The van der Waals surface area contributed by atoms with Crippen LogP contribution in [0.5, 0.6) is 11.5 Å². The summed E-state index contributed by atoms with van der Waals surface area (Å²) in [5.74, 6) is -2.11. The Morgan fingerprint density at radius 1 is 1.15 bits per heavy atom. The molecule has 2 aromatic carbocycles. The summed E-state index contributed by atoms with van der Waals surface area (Å²) < 4.78 is 50.8. The van der Waals surface area contributed by atoms with Crippen molar-refractivity contribution >= 4 is 21.6 Å². The van der Waals surface area contributed by atoms with E-state index in [1.54, 1.807) is 4.72 Å². The van der Waals surface area contributed by atoms with Crippen LogP contribution >= 0.6 is 0 Å². The smallest absolute Gasteiger partial charge is 0.325 e. The number of benzene rings is 2. The molecule has 0 spiro atoms. The van der Waals surface area contributed by atoms with Crippen LogP contribution in [0, 0.1) is 15.9 Å². The van der Waals surface area contributed by atoms with E-state index in [1.807, 2.05) is 0 Å². The van der Waals surface area contributed by atoms with Gasteiger partial charge >= 0.3 is 5.69 Å². The van der Waals surface area contributed by atoms with Crippen LogP contribution in [0.25, 0.3) is 0 Å². The van der Waals surface area contributed by atoms with Crippen LogP contribution in [0.3, 0.4) is 0 Å². The number of hydrogen-bond acceptors (Lipinski definition) is 7. The SMILES string of the molecule is O=C(NS(=O)(=O)c1cccc(F)c1[N+](=O)[O-])c1cccc2c1OCCO2. The number of carbonyl (C=O) groups is 1. The molecule has 1 aliphatic heterocycles. The van der Waals surface area contributed by atoms with Gasteiger partial charge in [0.15, 0.2) is 16.4 Å². The fraction of sp³-hybridized carbons (Fsp3) is 0.133. The number of halogens is 1. The third-order valence-corrected chi connectivity index (χ3v) is 4.82. The molecule has 0 bridgehead atoms. The van der Waals surface area contributed by atoms with Gasteiger partial charge in [0.05, 0.1) is 10.5 Å². The average Bonchev–Trinajstić information content (AvgIpc) is 2.60. The molecular weight excluding hydrogens is 371 g/mol. The highest BCUT2D eigenvalue weighted by atomic mass is 32.2. The minimum Gasteiger partial charge on any atom is -0.486 e. The van der Waals surface area contributed by atoms with Crippen molar-refractivity contribution in [3.63, 3.8) is 0 Å². The van der Waals surface area contributed by atoms with Gasteiger partial charge < -0.3 is 9.47 Å². The lowest BCUT2D eigenvalue weighted by molar-refractivity contribution is -0.390. The molecule has 0 fully saturated rings. The minimum absolute atomic E-state index is 0.0557. The van der Waals surface area contributed by atoms with Crippen LogP contribution in [-0.2, 0) is 10.0 Å². The van der Waals surface area contributed by atoms with E-state index in [2.05, 4.69) is 0 Å². The maximum atomic E-state index is 13.7. The molecule has 0 saturated carbocycles. The number of nitro benzene ring substituents is 1. The zero-order valence-corrected chi connectivity index (χ0v) is 13.8. The van der Waals surface area contributed by atoms with E-state index < -0.39 is 37.3 Å². The molecule has 1 amide bonds. The Morgan fingerprint density at radius 3 is 2.58 bits per heavy atom. The van der Waals surface area contributed by atoms with Crippen molar-refractivity contribution in [2.24, 2.45) is 0 Å². The molecular formula is C15H11FN2O7S. The number of nitro groups is 1. The van der Waals surface area contributed by atoms with Crippen LogP contribution in [0.4, 0.5) is 10.1 Å². The van der Waals surface area contributed by atoms with Gasteiger partial charge in [-0.25, -0.2) is 13.1 Å². The van der Waals surface area contributed by atoms with Crippen LogP contribution in [-0.4, -0.2) is 32.5 Å². The highest BCUT2D eigenvalue weighted by Crippen LogP contribution is 2.34. The van der Waals surface area contributed by atoms with Crippen molar-refractivity contribution in [3.8, 4) is 11.5 Å². The predicted octanol–water partition coefficient (Wildman–Crippen LogP) is 1.62. The quantitative estimate of drug-likeness (QED) is 0.629. The number of carbonyl (C=O) groups excluding carboxylic acids is 1. The first kappa shape index (κ1) is 17.6. The summed E-state index contributed by atoms with van der Waals surface area (Å²) in [7, 11) is -4.71. The average molecular weight is 382 g/mol. The lowest BCUT2D eigenvalue weighted by atomic mass is 10.1. The predicted molar refractivity (Wildman–Crippen MR) is 85.1 cm³/mol. The van der Waals surface area contributed by atoms with Gasteiger partial charge in [-0.3, -0.25) is 14.9 Å². The molecule has 26 heavy (non-hydrogen) atoms. The molecule has 1 N–H and O–H groups in total. The number of rotatable bonds is 4. The Hall–Kier alpha value is -3.21. The van der Waals surface area contributed by atoms with E-state index in [9.17, 15) is 27.7 Å². The molecule has 0 aromatic heterocycles. The second-order valence-corrected chi connectivity index (χ2v) is 6.76. The van der Waals surface area contributed by atoms with Gasteiger partial charge in [0, 0.05) is 0 Å². The zero-order chi connectivity index (χ0) is 18.9. The second kappa shape index (κ2) is 6.59. The number of nitrogens with one attached hydrogen (secondary N) is 1. The number of para-hydroxylation sites is 2. The van der Waals surface area contributed by atoms with Crippen molar-refractivity contribution in [2.75, 3.05) is 13.2 Å². The molecule has 1 aliphatic rings. The molecule has 0 saturated heterocycles. The van der Waals surface area contributed by atoms with Gasteiger partial charge in [-0.2, -0.15) is 4.39 Å². The molecule has 2 aromatic rings. The first-order valence-electron chi connectivity index (χ1n) is 7.20. The lowest BCUT2D eigenvalue weighted by Gasteiger charge is -2.20. The Balaban J connectivity index is 1.98. The summed E-state index contributed by atoms with van der Waals surface area (Å²) in [6, 6.07) is 6.87. The minimum atomic E-state index is -4.71. The Morgan fingerprint density at radius 2 is 1.85 bits per heavy atom. The summed E-state index contributed by atoms with van der Waals surface area (Å²) in [5.41, 5.74) is -1.38. The van der Waals surface area contributed by atoms with E-state index >= 15 is 0 Å². The van der Waals surface area contributed by atoms with Crippen molar-refractivity contribution in [1.82, 2.24) is 4.72 Å². The number of fused-ring (bicyclic) bond motifs is 1. The van der Waals surface area contributed by atoms with Gasteiger partial charge in [-0.05, 0) is 24.3 Å². The largest absolute Gasteiger partial charge is 0.486 e. The molecule has 9 nitrogen and oxygen atoms in total. The van der Waals surface area contributed by atoms with Crippen LogP contribution < -0.4 is 14.2 Å². The van der Waals surface area contributed by atoms with Crippen LogP contribution in [0.15, 0.2) is 41.3 Å². The monoisotopic (exact) mass is 382 g/mol. The molecule has 0 aliphatic carbocycles. The second-order valence-electron chi connectivity index (χ2n) is 5.11. The molecule has 1 heterocycles. The highest BCUT2D eigenvalue weighted by molar-refractivity contribution is 7.90. The Bertz CT molecular complexity index is 1010. The summed E-state index contributed by atoms with van der Waals surface area (Å²) in [4.78, 5) is 21.2. The van der Waals surface area contributed by atoms with Gasteiger partial charge in [0.1, 0.15) is 13.2 Å². The number of nitrogens with zero attached hydrogens (tertiary/aromatic N) is 1. The maximum absolute atomic E-state index is 13.7. The number of sulfonamides is 1. The van der Waals surface area contributed by atoms with Gasteiger partial charge in [0.25, 0.3) is 15.9 Å². The van der Waals surface area contributed by atoms with Gasteiger partial charge in [-0.1, -0.05) is 12.1 Å². The molecule has 3 rings (SSSR count).